The van der Waals surface area contributed by atoms with E-state index in [-0.39, 0.29) is 35.1 Å². The van der Waals surface area contributed by atoms with Crippen LogP contribution in [0.15, 0.2) is 18.2 Å². The van der Waals surface area contributed by atoms with E-state index >= 15 is 0 Å². The van der Waals surface area contributed by atoms with Crippen molar-refractivity contribution in [1.82, 2.24) is 0 Å². The fourth-order valence-electron chi connectivity index (χ4n) is 0.677. The van der Waals surface area contributed by atoms with Crippen molar-refractivity contribution < 1.29 is 18.7 Å². The molecule has 0 bridgehead atoms. The first-order valence-corrected chi connectivity index (χ1v) is 2.79. The van der Waals surface area contributed by atoms with Crippen LogP contribution < -0.4 is 0 Å². The largest absolute Gasteiger partial charge is 0.478 e. The topological polar surface area (TPSA) is 37.3 Å². The van der Waals surface area contributed by atoms with Gasteiger partial charge in [0.05, 0.1) is 5.56 Å². The Bertz CT molecular complexity index is 281. The van der Waals surface area contributed by atoms with E-state index < -0.39 is 17.6 Å². The van der Waals surface area contributed by atoms with E-state index in [1.807, 2.05) is 0 Å². The van der Waals surface area contributed by atoms with Gasteiger partial charge in [-0.3, -0.25) is 0 Å². The first-order valence-electron chi connectivity index (χ1n) is 2.79. The Morgan fingerprint density at radius 3 is 1.92 bits per heavy atom. The Labute approximate surface area is 89.5 Å². The second kappa shape index (κ2) is 4.54. The molecule has 0 unspecified atom stereocenters. The van der Waals surface area contributed by atoms with Gasteiger partial charge in [0.25, 0.3) is 0 Å². The predicted molar refractivity (Wildman–Crippen MR) is 39.1 cm³/mol. The maximum atomic E-state index is 12.3. The van der Waals surface area contributed by atoms with Crippen molar-refractivity contribution in [2.24, 2.45) is 0 Å². The molecule has 5 heteroatoms. The van der Waals surface area contributed by atoms with Gasteiger partial charge in [-0.1, -0.05) is 0 Å². The fourth-order valence-corrected chi connectivity index (χ4v) is 0.677. The van der Waals surface area contributed by atoms with Crippen molar-refractivity contribution in [3.05, 3.63) is 35.4 Å². The van der Waals surface area contributed by atoms with Crippen LogP contribution in [-0.2, 0) is 0 Å². The number of carboxylic acid groups (broad SMARTS) is 1. The zero-order chi connectivity index (χ0) is 8.43. The Kier molecular flexibility index (Phi) is 4.37. The normalized spacial score (nSPS) is 8.83. The van der Waals surface area contributed by atoms with Crippen LogP contribution in [-0.4, -0.2) is 40.6 Å². The molecule has 0 aromatic heterocycles. The zero-order valence-corrected chi connectivity index (χ0v) is 8.34. The number of benzene rings is 1. The van der Waals surface area contributed by atoms with Gasteiger partial charge in [0, 0.05) is 35.6 Å². The van der Waals surface area contributed by atoms with Crippen LogP contribution in [0.5, 0.6) is 0 Å². The van der Waals surface area contributed by atoms with E-state index in [0.717, 1.165) is 12.1 Å². The number of halogens is 2. The number of rotatable bonds is 1. The summed E-state index contributed by atoms with van der Waals surface area (Å²) in [5.41, 5.74) is -0.387. The van der Waals surface area contributed by atoms with E-state index in [1.165, 1.54) is 0 Å². The van der Waals surface area contributed by atoms with Crippen LogP contribution in [0.3, 0.4) is 0 Å². The van der Waals surface area contributed by atoms with Crippen molar-refractivity contribution in [2.75, 3.05) is 0 Å². The van der Waals surface area contributed by atoms with E-state index in [1.54, 1.807) is 0 Å². The number of aromatic carboxylic acids is 1. The van der Waals surface area contributed by atoms with Crippen molar-refractivity contribution in [3.8, 4) is 0 Å². The SMILES string of the molecule is O=C(O)c1cc(F)cc(F)c1.[Na]. The van der Waals surface area contributed by atoms with Gasteiger partial charge in [-0.15, -0.1) is 0 Å². The molecule has 1 N–H and O–H groups in total. The molecule has 0 aliphatic rings. The summed E-state index contributed by atoms with van der Waals surface area (Å²) >= 11 is 0. The molecule has 2 nitrogen and oxygen atoms in total. The summed E-state index contributed by atoms with van der Waals surface area (Å²) in [6.07, 6.45) is 0. The summed E-state index contributed by atoms with van der Waals surface area (Å²) in [5, 5.41) is 8.30. The summed E-state index contributed by atoms with van der Waals surface area (Å²) in [7, 11) is 0. The first kappa shape index (κ1) is 11.6. The molecule has 1 radical (unpaired) electrons. The number of hydrogen-bond donors (Lipinski definition) is 1. The minimum atomic E-state index is -1.34. The van der Waals surface area contributed by atoms with Gasteiger partial charge < -0.3 is 5.11 Å². The Morgan fingerprint density at radius 2 is 1.58 bits per heavy atom. The maximum Gasteiger partial charge on any atom is 0.335 e. The van der Waals surface area contributed by atoms with Gasteiger partial charge in [-0.25, -0.2) is 13.6 Å². The molecular formula is C7H4F2NaO2. The van der Waals surface area contributed by atoms with Crippen LogP contribution in [0.2, 0.25) is 0 Å². The van der Waals surface area contributed by atoms with Crippen LogP contribution >= 0.6 is 0 Å². The fraction of sp³-hybridized carbons (Fsp3) is 0. The molecule has 0 aliphatic heterocycles. The van der Waals surface area contributed by atoms with Gasteiger partial charge in [-0.05, 0) is 12.1 Å². The molecule has 0 spiro atoms. The van der Waals surface area contributed by atoms with Crippen LogP contribution in [0.1, 0.15) is 10.4 Å². The van der Waals surface area contributed by atoms with Gasteiger partial charge >= 0.3 is 5.97 Å². The van der Waals surface area contributed by atoms with E-state index in [4.69, 9.17) is 5.11 Å². The Balaban J connectivity index is 0.00000121. The molecule has 0 aliphatic carbocycles. The molecule has 0 atom stereocenters. The molecule has 59 valence electrons. The van der Waals surface area contributed by atoms with Crippen LogP contribution in [0, 0.1) is 11.6 Å². The van der Waals surface area contributed by atoms with E-state index in [0.29, 0.717) is 6.07 Å². The molecule has 1 aromatic rings. The smallest absolute Gasteiger partial charge is 0.335 e. The Morgan fingerprint density at radius 1 is 1.17 bits per heavy atom. The monoisotopic (exact) mass is 181 g/mol. The number of carbonyl (C=O) groups is 1. The summed E-state index contributed by atoms with van der Waals surface area (Å²) < 4.78 is 24.6. The van der Waals surface area contributed by atoms with Crippen molar-refractivity contribution >= 4 is 35.5 Å². The molecule has 0 saturated heterocycles. The molecule has 0 heterocycles. The zero-order valence-electron chi connectivity index (χ0n) is 6.34. The van der Waals surface area contributed by atoms with Crippen molar-refractivity contribution in [1.29, 1.82) is 0 Å². The second-order valence-corrected chi connectivity index (χ2v) is 1.96. The third-order valence-electron chi connectivity index (χ3n) is 1.11. The molecule has 0 fully saturated rings. The van der Waals surface area contributed by atoms with Gasteiger partial charge in [0.15, 0.2) is 0 Å². The van der Waals surface area contributed by atoms with Gasteiger partial charge in [-0.2, -0.15) is 0 Å². The van der Waals surface area contributed by atoms with Crippen molar-refractivity contribution in [2.45, 2.75) is 0 Å². The Hall–Kier alpha value is -0.450. The van der Waals surface area contributed by atoms with Crippen LogP contribution in [0.25, 0.3) is 0 Å². The summed E-state index contributed by atoms with van der Waals surface area (Å²) in [6, 6.07) is 2.13. The van der Waals surface area contributed by atoms with Crippen molar-refractivity contribution in [3.63, 3.8) is 0 Å². The van der Waals surface area contributed by atoms with E-state index in [2.05, 4.69) is 0 Å². The quantitative estimate of drug-likeness (QED) is 0.662. The third-order valence-corrected chi connectivity index (χ3v) is 1.11. The van der Waals surface area contributed by atoms with Gasteiger partial charge in [0.2, 0.25) is 0 Å². The molecule has 1 rings (SSSR count). The third kappa shape index (κ3) is 2.89. The van der Waals surface area contributed by atoms with Crippen LogP contribution in [0.4, 0.5) is 8.78 Å². The maximum absolute atomic E-state index is 12.3. The molecule has 0 saturated carbocycles. The summed E-state index contributed by atoms with van der Waals surface area (Å²) in [5.74, 6) is -3.12. The summed E-state index contributed by atoms with van der Waals surface area (Å²) in [6.45, 7) is 0. The number of hydrogen-bond acceptors (Lipinski definition) is 1. The van der Waals surface area contributed by atoms with E-state index in [9.17, 15) is 13.6 Å². The summed E-state index contributed by atoms with van der Waals surface area (Å²) in [4.78, 5) is 10.2. The molecule has 1 aromatic carbocycles. The average Bonchev–Trinajstić information content (AvgIpc) is 1.85. The van der Waals surface area contributed by atoms with Gasteiger partial charge in [0.1, 0.15) is 11.6 Å². The second-order valence-electron chi connectivity index (χ2n) is 1.96. The molecule has 12 heavy (non-hydrogen) atoms. The number of carboxylic acids is 1. The predicted octanol–water partition coefficient (Wildman–Crippen LogP) is 1.28. The minimum Gasteiger partial charge on any atom is -0.478 e. The first-order chi connectivity index (χ1) is 5.09. The standard InChI is InChI=1S/C7H4F2O2.Na/c8-5-1-4(7(10)11)2-6(9)3-5;/h1-3H,(H,10,11);. The molecule has 0 amide bonds. The average molecular weight is 181 g/mol. The minimum absolute atomic E-state index is 0. The molecular weight excluding hydrogens is 177 g/mol.